The maximum absolute atomic E-state index is 13.5. The van der Waals surface area contributed by atoms with Gasteiger partial charge >= 0.3 is 0 Å². The van der Waals surface area contributed by atoms with Gasteiger partial charge in [-0.2, -0.15) is 0 Å². The van der Waals surface area contributed by atoms with E-state index in [9.17, 15) is 14.3 Å². The Morgan fingerprint density at radius 3 is 2.63 bits per heavy atom. The highest BCUT2D eigenvalue weighted by atomic mass is 19.1. The maximum Gasteiger partial charge on any atom is 0.179 e. The number of nitrogens with zero attached hydrogens (tertiary/aromatic N) is 1. The predicted octanol–water partition coefficient (Wildman–Crippen LogP) is 2.25. The van der Waals surface area contributed by atoms with Crippen molar-refractivity contribution in [2.24, 2.45) is 0 Å². The third-order valence-corrected chi connectivity index (χ3v) is 3.69. The molecule has 1 fully saturated rings. The molecule has 0 aliphatic heterocycles. The van der Waals surface area contributed by atoms with Gasteiger partial charge in [-0.15, -0.1) is 0 Å². The van der Waals surface area contributed by atoms with Crippen molar-refractivity contribution in [3.8, 4) is 0 Å². The summed E-state index contributed by atoms with van der Waals surface area (Å²) in [7, 11) is 1.79. The van der Waals surface area contributed by atoms with Crippen molar-refractivity contribution in [3.05, 3.63) is 35.6 Å². The van der Waals surface area contributed by atoms with Gasteiger partial charge < -0.3 is 5.11 Å². The molecule has 1 aliphatic carbocycles. The Balaban J connectivity index is 1.94. The Morgan fingerprint density at radius 2 is 2.00 bits per heavy atom. The maximum atomic E-state index is 13.5. The summed E-state index contributed by atoms with van der Waals surface area (Å²) in [6, 6.07) is 6.01. The normalized spacial score (nSPS) is 17.9. The van der Waals surface area contributed by atoms with Crippen molar-refractivity contribution < 1.29 is 14.3 Å². The average molecular weight is 265 g/mol. The molecule has 104 valence electrons. The first kappa shape index (κ1) is 14.2. The summed E-state index contributed by atoms with van der Waals surface area (Å²) in [6.45, 7) is 0.594. The van der Waals surface area contributed by atoms with E-state index in [-0.39, 0.29) is 17.9 Å². The summed E-state index contributed by atoms with van der Waals surface area (Å²) in [5.41, 5.74) is -0.558. The Kier molecular flexibility index (Phi) is 4.32. The quantitative estimate of drug-likeness (QED) is 0.830. The summed E-state index contributed by atoms with van der Waals surface area (Å²) < 4.78 is 13.5. The number of aliphatic hydroxyl groups is 1. The van der Waals surface area contributed by atoms with Crippen LogP contribution in [0.2, 0.25) is 0 Å². The van der Waals surface area contributed by atoms with Crippen LogP contribution < -0.4 is 0 Å². The van der Waals surface area contributed by atoms with E-state index >= 15 is 0 Å². The van der Waals surface area contributed by atoms with Crippen LogP contribution in [0.4, 0.5) is 4.39 Å². The van der Waals surface area contributed by atoms with E-state index < -0.39 is 11.4 Å². The first-order chi connectivity index (χ1) is 9.00. The SMILES string of the molecule is CN(CC(=O)c1ccccc1F)CC1(O)CCCC1. The first-order valence-electron chi connectivity index (χ1n) is 6.69. The summed E-state index contributed by atoms with van der Waals surface area (Å²) in [6.07, 6.45) is 3.63. The molecule has 0 heterocycles. The highest BCUT2D eigenvalue weighted by molar-refractivity contribution is 5.97. The molecule has 1 aliphatic rings. The minimum Gasteiger partial charge on any atom is -0.389 e. The Bertz CT molecular complexity index is 455. The number of hydrogen-bond acceptors (Lipinski definition) is 3. The van der Waals surface area contributed by atoms with Crippen LogP contribution in [-0.2, 0) is 0 Å². The topological polar surface area (TPSA) is 40.5 Å². The Labute approximate surface area is 113 Å². The summed E-state index contributed by atoms with van der Waals surface area (Å²) in [5.74, 6) is -0.734. The van der Waals surface area contributed by atoms with E-state index in [1.54, 1.807) is 24.1 Å². The van der Waals surface area contributed by atoms with Crippen LogP contribution in [-0.4, -0.2) is 41.5 Å². The number of rotatable bonds is 5. The number of Topliss-reactive ketones (excluding diaryl/α,β-unsaturated/α-hetero) is 1. The molecule has 4 heteroatoms. The Morgan fingerprint density at radius 1 is 1.37 bits per heavy atom. The fourth-order valence-electron chi connectivity index (χ4n) is 2.77. The molecule has 0 amide bonds. The summed E-state index contributed by atoms with van der Waals surface area (Å²) in [4.78, 5) is 13.8. The van der Waals surface area contributed by atoms with Crippen LogP contribution in [0.25, 0.3) is 0 Å². The zero-order valence-corrected chi connectivity index (χ0v) is 11.2. The minimum absolute atomic E-state index is 0.118. The van der Waals surface area contributed by atoms with Gasteiger partial charge in [0.2, 0.25) is 0 Å². The van der Waals surface area contributed by atoms with Gasteiger partial charge in [0.25, 0.3) is 0 Å². The molecule has 1 aromatic rings. The van der Waals surface area contributed by atoms with Gasteiger partial charge in [0.1, 0.15) is 5.82 Å². The molecule has 0 spiro atoms. The van der Waals surface area contributed by atoms with Gasteiger partial charge in [-0.25, -0.2) is 4.39 Å². The molecule has 0 radical (unpaired) electrons. The van der Waals surface area contributed by atoms with Crippen LogP contribution in [0, 0.1) is 5.82 Å². The summed E-state index contributed by atoms with van der Waals surface area (Å²) >= 11 is 0. The van der Waals surface area contributed by atoms with Crippen LogP contribution in [0.3, 0.4) is 0 Å². The van der Waals surface area contributed by atoms with Crippen LogP contribution in [0.5, 0.6) is 0 Å². The van der Waals surface area contributed by atoms with Crippen molar-refractivity contribution in [1.29, 1.82) is 0 Å². The second-order valence-corrected chi connectivity index (χ2v) is 5.51. The number of ketones is 1. The van der Waals surface area contributed by atoms with Gasteiger partial charge in [0.15, 0.2) is 5.78 Å². The molecule has 1 aromatic carbocycles. The Hall–Kier alpha value is -1.26. The molecule has 0 atom stereocenters. The van der Waals surface area contributed by atoms with E-state index in [4.69, 9.17) is 0 Å². The van der Waals surface area contributed by atoms with Crippen LogP contribution in [0.15, 0.2) is 24.3 Å². The molecule has 0 bridgehead atoms. The molecule has 0 saturated heterocycles. The molecule has 2 rings (SSSR count). The standard InChI is InChI=1S/C15H20FNO2/c1-17(11-15(19)8-4-5-9-15)10-14(18)12-6-2-3-7-13(12)16/h2-3,6-7,19H,4-5,8-11H2,1H3. The average Bonchev–Trinajstić information content (AvgIpc) is 2.75. The van der Waals surface area contributed by atoms with E-state index in [0.717, 1.165) is 25.7 Å². The lowest BCUT2D eigenvalue weighted by atomic mass is 10.0. The summed E-state index contributed by atoms with van der Waals surface area (Å²) in [5, 5.41) is 10.3. The molecule has 0 unspecified atom stereocenters. The monoisotopic (exact) mass is 265 g/mol. The largest absolute Gasteiger partial charge is 0.389 e. The first-order valence-corrected chi connectivity index (χ1v) is 6.69. The van der Waals surface area contributed by atoms with Gasteiger partial charge in [-0.1, -0.05) is 25.0 Å². The number of carbonyl (C=O) groups is 1. The van der Waals surface area contributed by atoms with Gasteiger partial charge in [0, 0.05) is 6.54 Å². The molecular weight excluding hydrogens is 245 g/mol. The van der Waals surface area contributed by atoms with E-state index in [2.05, 4.69) is 0 Å². The van der Waals surface area contributed by atoms with E-state index in [1.807, 2.05) is 0 Å². The highest BCUT2D eigenvalue weighted by Crippen LogP contribution is 2.29. The highest BCUT2D eigenvalue weighted by Gasteiger charge is 2.32. The minimum atomic E-state index is -0.676. The molecule has 0 aromatic heterocycles. The number of benzene rings is 1. The number of hydrogen-bond donors (Lipinski definition) is 1. The second kappa shape index (κ2) is 5.80. The third kappa shape index (κ3) is 3.61. The fourth-order valence-corrected chi connectivity index (χ4v) is 2.77. The van der Waals surface area contributed by atoms with Crippen molar-refractivity contribution in [2.45, 2.75) is 31.3 Å². The van der Waals surface area contributed by atoms with Gasteiger partial charge in [-0.05, 0) is 32.0 Å². The van der Waals surface area contributed by atoms with E-state index in [0.29, 0.717) is 6.54 Å². The lowest BCUT2D eigenvalue weighted by Gasteiger charge is -2.28. The molecule has 19 heavy (non-hydrogen) atoms. The zero-order chi connectivity index (χ0) is 13.9. The number of halogens is 1. The smallest absolute Gasteiger partial charge is 0.179 e. The lowest BCUT2D eigenvalue weighted by molar-refractivity contribution is 0.0172. The molecule has 3 nitrogen and oxygen atoms in total. The van der Waals surface area contributed by atoms with Crippen LogP contribution in [0.1, 0.15) is 36.0 Å². The predicted molar refractivity (Wildman–Crippen MR) is 71.6 cm³/mol. The zero-order valence-electron chi connectivity index (χ0n) is 11.2. The van der Waals surface area contributed by atoms with Crippen molar-refractivity contribution in [3.63, 3.8) is 0 Å². The fraction of sp³-hybridized carbons (Fsp3) is 0.533. The number of carbonyl (C=O) groups excluding carboxylic acids is 1. The third-order valence-electron chi connectivity index (χ3n) is 3.69. The number of likely N-dealkylation sites (N-methyl/N-ethyl adjacent to an activating group) is 1. The molecule has 1 saturated carbocycles. The van der Waals surface area contributed by atoms with Crippen molar-refractivity contribution in [2.75, 3.05) is 20.1 Å². The van der Waals surface area contributed by atoms with Crippen molar-refractivity contribution in [1.82, 2.24) is 4.90 Å². The van der Waals surface area contributed by atoms with Gasteiger partial charge in [-0.3, -0.25) is 9.69 Å². The van der Waals surface area contributed by atoms with Gasteiger partial charge in [0.05, 0.1) is 17.7 Å². The molecular formula is C15H20FNO2. The second-order valence-electron chi connectivity index (χ2n) is 5.51. The molecule has 1 N–H and O–H groups in total. The van der Waals surface area contributed by atoms with Crippen LogP contribution >= 0.6 is 0 Å². The van der Waals surface area contributed by atoms with E-state index in [1.165, 1.54) is 12.1 Å². The van der Waals surface area contributed by atoms with Crippen molar-refractivity contribution >= 4 is 5.78 Å². The lowest BCUT2D eigenvalue weighted by Crippen LogP contribution is -2.41.